The van der Waals surface area contributed by atoms with Crippen LogP contribution in [0.3, 0.4) is 0 Å². The molecule has 2 N–H and O–H groups in total. The molecule has 30 heavy (non-hydrogen) atoms. The first-order chi connectivity index (χ1) is 14.0. The third-order valence-corrected chi connectivity index (χ3v) is 5.42. The summed E-state index contributed by atoms with van der Waals surface area (Å²) in [6, 6.07) is 5.97. The number of aliphatic imine (C=N–C) groups is 1. The van der Waals surface area contributed by atoms with Crippen LogP contribution in [0.2, 0.25) is 0 Å². The molecule has 9 heteroatoms. The minimum atomic E-state index is -0.535. The lowest BCUT2D eigenvalue weighted by molar-refractivity contribution is 0.368. The Bertz CT molecular complexity index is 820. The van der Waals surface area contributed by atoms with E-state index in [1.54, 1.807) is 11.9 Å². The fraction of sp³-hybridized carbons (Fsp3) is 0.524. The van der Waals surface area contributed by atoms with E-state index in [9.17, 15) is 8.78 Å². The van der Waals surface area contributed by atoms with E-state index >= 15 is 0 Å². The topological polar surface area (TPSA) is 65.7 Å². The fourth-order valence-electron chi connectivity index (χ4n) is 3.74. The van der Waals surface area contributed by atoms with E-state index in [2.05, 4.69) is 34.6 Å². The number of nitrogens with zero attached hydrogens (tertiary/aromatic N) is 3. The van der Waals surface area contributed by atoms with Crippen molar-refractivity contribution >= 4 is 35.6 Å². The molecule has 0 aliphatic carbocycles. The second-order valence-electron chi connectivity index (χ2n) is 7.30. The molecule has 0 bridgehead atoms. The van der Waals surface area contributed by atoms with Crippen molar-refractivity contribution in [2.75, 3.05) is 25.0 Å². The SMILES string of the molecule is CCC(CC)c1cc(CNC(=NC)NC2CCN(c3c(F)cccc3F)C2)on1.I. The second-order valence-corrected chi connectivity index (χ2v) is 7.30. The van der Waals surface area contributed by atoms with Crippen molar-refractivity contribution in [2.45, 2.75) is 51.6 Å². The molecule has 1 aromatic heterocycles. The van der Waals surface area contributed by atoms with Crippen LogP contribution in [0.5, 0.6) is 0 Å². The number of guanidine groups is 1. The molecule has 0 radical (unpaired) electrons. The van der Waals surface area contributed by atoms with Crippen LogP contribution in [0, 0.1) is 11.6 Å². The highest BCUT2D eigenvalue weighted by molar-refractivity contribution is 14.0. The molecule has 1 fully saturated rings. The number of benzene rings is 1. The number of anilines is 1. The zero-order valence-electron chi connectivity index (χ0n) is 17.6. The summed E-state index contributed by atoms with van der Waals surface area (Å²) in [5.74, 6) is 0.703. The average Bonchev–Trinajstić information content (AvgIpc) is 3.36. The van der Waals surface area contributed by atoms with Crippen LogP contribution < -0.4 is 15.5 Å². The Morgan fingerprint density at radius 2 is 2.00 bits per heavy atom. The first-order valence-electron chi connectivity index (χ1n) is 10.2. The third kappa shape index (κ3) is 5.83. The molecule has 0 amide bonds. The molecule has 1 aliphatic heterocycles. The Balaban J connectivity index is 0.00000320. The Labute approximate surface area is 193 Å². The minimum Gasteiger partial charge on any atom is -0.365 e. The zero-order chi connectivity index (χ0) is 20.8. The van der Waals surface area contributed by atoms with Gasteiger partial charge in [-0.15, -0.1) is 24.0 Å². The van der Waals surface area contributed by atoms with Crippen molar-refractivity contribution < 1.29 is 13.3 Å². The Morgan fingerprint density at radius 3 is 2.63 bits per heavy atom. The molecule has 1 aliphatic rings. The molecular weight excluding hydrogens is 503 g/mol. The summed E-state index contributed by atoms with van der Waals surface area (Å²) < 4.78 is 33.5. The number of nitrogens with one attached hydrogen (secondary N) is 2. The van der Waals surface area contributed by atoms with Crippen LogP contribution in [-0.4, -0.2) is 37.3 Å². The largest absolute Gasteiger partial charge is 0.365 e. The summed E-state index contributed by atoms with van der Waals surface area (Å²) in [4.78, 5) is 5.97. The number of hydrogen-bond acceptors (Lipinski definition) is 4. The van der Waals surface area contributed by atoms with Crippen LogP contribution in [-0.2, 0) is 6.54 Å². The predicted molar refractivity (Wildman–Crippen MR) is 126 cm³/mol. The molecule has 2 heterocycles. The first-order valence-corrected chi connectivity index (χ1v) is 10.2. The smallest absolute Gasteiger partial charge is 0.191 e. The highest BCUT2D eigenvalue weighted by Crippen LogP contribution is 2.26. The molecule has 0 spiro atoms. The zero-order valence-corrected chi connectivity index (χ0v) is 20.0. The van der Waals surface area contributed by atoms with Gasteiger partial charge in [0.05, 0.1) is 12.2 Å². The maximum absolute atomic E-state index is 14.0. The van der Waals surface area contributed by atoms with Gasteiger partial charge in [0.25, 0.3) is 0 Å². The van der Waals surface area contributed by atoms with Crippen LogP contribution in [0.15, 0.2) is 33.8 Å². The normalized spacial score (nSPS) is 16.7. The molecule has 166 valence electrons. The van der Waals surface area contributed by atoms with Crippen LogP contribution in [0.4, 0.5) is 14.5 Å². The molecule has 1 atom stereocenters. The molecule has 1 aromatic carbocycles. The molecule has 3 rings (SSSR count). The van der Waals surface area contributed by atoms with Crippen LogP contribution in [0.1, 0.15) is 50.5 Å². The molecular formula is C21H30F2IN5O. The Kier molecular flexibility index (Phi) is 9.32. The van der Waals surface area contributed by atoms with Gasteiger partial charge in [0.2, 0.25) is 0 Å². The highest BCUT2D eigenvalue weighted by atomic mass is 127. The van der Waals surface area contributed by atoms with Gasteiger partial charge in [0.1, 0.15) is 17.3 Å². The highest BCUT2D eigenvalue weighted by Gasteiger charge is 2.27. The summed E-state index contributed by atoms with van der Waals surface area (Å²) in [5, 5.41) is 10.7. The van der Waals surface area contributed by atoms with Crippen molar-refractivity contribution in [3.8, 4) is 0 Å². The van der Waals surface area contributed by atoms with Gasteiger partial charge in [0.15, 0.2) is 11.7 Å². The Morgan fingerprint density at radius 1 is 1.30 bits per heavy atom. The first kappa shape index (κ1) is 24.4. The lowest BCUT2D eigenvalue weighted by atomic mass is 9.99. The summed E-state index contributed by atoms with van der Waals surface area (Å²) in [5.41, 5.74) is 1.02. The van der Waals surface area contributed by atoms with E-state index in [0.717, 1.165) is 30.7 Å². The van der Waals surface area contributed by atoms with Crippen molar-refractivity contribution in [1.82, 2.24) is 15.8 Å². The summed E-state index contributed by atoms with van der Waals surface area (Å²) in [6.45, 7) is 5.83. The molecule has 1 unspecified atom stereocenters. The number of rotatable bonds is 7. The van der Waals surface area contributed by atoms with Gasteiger partial charge >= 0.3 is 0 Å². The molecule has 0 saturated carbocycles. The predicted octanol–water partition coefficient (Wildman–Crippen LogP) is 4.42. The number of halogens is 3. The molecule has 2 aromatic rings. The number of hydrogen-bond donors (Lipinski definition) is 2. The van der Waals surface area contributed by atoms with E-state index in [4.69, 9.17) is 4.52 Å². The van der Waals surface area contributed by atoms with E-state index in [1.807, 2.05) is 6.07 Å². The van der Waals surface area contributed by atoms with Crippen LogP contribution >= 0.6 is 24.0 Å². The van der Waals surface area contributed by atoms with Gasteiger partial charge in [-0.1, -0.05) is 25.1 Å². The van der Waals surface area contributed by atoms with E-state index in [0.29, 0.717) is 31.5 Å². The summed E-state index contributed by atoms with van der Waals surface area (Å²) in [6.07, 6.45) is 2.81. The third-order valence-electron chi connectivity index (χ3n) is 5.42. The quantitative estimate of drug-likeness (QED) is 0.314. The van der Waals surface area contributed by atoms with Gasteiger partial charge in [0, 0.05) is 38.2 Å². The maximum atomic E-state index is 14.0. The average molecular weight is 533 g/mol. The van der Waals surface area contributed by atoms with E-state index in [-0.39, 0.29) is 35.7 Å². The lowest BCUT2D eigenvalue weighted by Gasteiger charge is -2.21. The lowest BCUT2D eigenvalue weighted by Crippen LogP contribution is -2.44. The van der Waals surface area contributed by atoms with Gasteiger partial charge in [-0.2, -0.15) is 0 Å². The Hall–Kier alpha value is -1.91. The molecule has 6 nitrogen and oxygen atoms in total. The van der Waals surface area contributed by atoms with Gasteiger partial charge < -0.3 is 20.1 Å². The van der Waals surface area contributed by atoms with Crippen molar-refractivity contribution in [1.29, 1.82) is 0 Å². The fourth-order valence-corrected chi connectivity index (χ4v) is 3.74. The van der Waals surface area contributed by atoms with Crippen molar-refractivity contribution in [3.63, 3.8) is 0 Å². The molecule has 1 saturated heterocycles. The maximum Gasteiger partial charge on any atom is 0.191 e. The standard InChI is InChI=1S/C21H29F2N5O.HI/c1-4-14(5-2)19-11-16(29-27-19)12-25-21(24-3)26-15-9-10-28(13-15)20-17(22)7-6-8-18(20)23;/h6-8,11,14-15H,4-5,9-10,12-13H2,1-3H3,(H2,24,25,26);1H. The summed E-state index contributed by atoms with van der Waals surface area (Å²) in [7, 11) is 1.69. The second kappa shape index (κ2) is 11.5. The van der Waals surface area contributed by atoms with Crippen LogP contribution in [0.25, 0.3) is 0 Å². The number of aromatic nitrogens is 1. The number of para-hydroxylation sites is 1. The van der Waals surface area contributed by atoms with Crippen molar-refractivity contribution in [2.24, 2.45) is 4.99 Å². The summed E-state index contributed by atoms with van der Waals surface area (Å²) >= 11 is 0. The van der Waals surface area contributed by atoms with E-state index in [1.165, 1.54) is 18.2 Å². The van der Waals surface area contributed by atoms with E-state index < -0.39 is 11.6 Å². The van der Waals surface area contributed by atoms with Crippen molar-refractivity contribution in [3.05, 3.63) is 47.4 Å². The monoisotopic (exact) mass is 533 g/mol. The van der Waals surface area contributed by atoms with Gasteiger partial charge in [-0.25, -0.2) is 8.78 Å². The van der Waals surface area contributed by atoms with Gasteiger partial charge in [-0.3, -0.25) is 4.99 Å². The minimum absolute atomic E-state index is 0. The van der Waals surface area contributed by atoms with Gasteiger partial charge in [-0.05, 0) is 31.4 Å².